The van der Waals surface area contributed by atoms with Gasteiger partial charge in [0.15, 0.2) is 6.29 Å². The van der Waals surface area contributed by atoms with Crippen LogP contribution >= 0.6 is 0 Å². The van der Waals surface area contributed by atoms with Crippen molar-refractivity contribution in [2.45, 2.75) is 37.1 Å². The van der Waals surface area contributed by atoms with Crippen LogP contribution in [0.3, 0.4) is 0 Å². The highest BCUT2D eigenvalue weighted by Crippen LogP contribution is 2.30. The first-order chi connectivity index (χ1) is 18.2. The molecule has 1 aliphatic heterocycles. The first-order valence-electron chi connectivity index (χ1n) is 11.8. The van der Waals surface area contributed by atoms with Crippen molar-refractivity contribution in [3.8, 4) is 0 Å². The average Bonchev–Trinajstić information content (AvgIpc) is 2.84. The molecule has 0 spiro atoms. The summed E-state index contributed by atoms with van der Waals surface area (Å²) in [4.78, 5) is 36.6. The van der Waals surface area contributed by atoms with Crippen LogP contribution in [-0.2, 0) is 42.9 Å². The van der Waals surface area contributed by atoms with Crippen molar-refractivity contribution < 1.29 is 49.3 Å². The number of rotatable bonds is 16. The third kappa shape index (κ3) is 10.2. The zero-order chi connectivity index (χ0) is 29.3. The largest absolute Gasteiger partial charge is 0.353 e. The van der Waals surface area contributed by atoms with Crippen LogP contribution in [0.1, 0.15) is 19.3 Å². The van der Waals surface area contributed by atoms with Gasteiger partial charge in [-0.1, -0.05) is 6.08 Å². The summed E-state index contributed by atoms with van der Waals surface area (Å²) in [5, 5.41) is 26.3. The molecule has 1 heterocycles. The molecule has 17 nitrogen and oxygen atoms in total. The maximum absolute atomic E-state index is 13.3. The minimum absolute atomic E-state index is 0.0510. The van der Waals surface area contributed by atoms with E-state index in [-0.39, 0.29) is 26.2 Å². The Morgan fingerprint density at radius 1 is 1.10 bits per heavy atom. The van der Waals surface area contributed by atoms with E-state index in [1.54, 1.807) is 0 Å². The monoisotopic (exact) mass is 600 g/mol. The van der Waals surface area contributed by atoms with Gasteiger partial charge >= 0.3 is 11.4 Å². The number of carbonyl (C=O) groups excluding carboxylic acids is 1. The summed E-state index contributed by atoms with van der Waals surface area (Å²) in [6.07, 6.45) is 6.13. The number of carbonyl (C=O) groups is 1. The summed E-state index contributed by atoms with van der Waals surface area (Å²) in [5.41, 5.74) is -3.47. The minimum atomic E-state index is -3.91. The summed E-state index contributed by atoms with van der Waals surface area (Å²) in [5.74, 6) is -1.20. The predicted octanol–water partition coefficient (Wildman–Crippen LogP) is -0.985. The molecule has 1 amide bonds. The molecular weight excluding hydrogens is 568 g/mol. The van der Waals surface area contributed by atoms with Crippen LogP contribution in [0.4, 0.5) is 0 Å². The summed E-state index contributed by atoms with van der Waals surface area (Å²) >= 11 is 0. The van der Waals surface area contributed by atoms with E-state index in [1.807, 2.05) is 0 Å². The van der Waals surface area contributed by atoms with Crippen molar-refractivity contribution in [1.82, 2.24) is 10.2 Å². The number of hydrogen-bond acceptors (Lipinski definition) is 14. The van der Waals surface area contributed by atoms with Gasteiger partial charge in [0.1, 0.15) is 6.04 Å². The molecule has 1 saturated heterocycles. The van der Waals surface area contributed by atoms with Crippen LogP contribution in [0.2, 0.25) is 0 Å². The van der Waals surface area contributed by atoms with Crippen molar-refractivity contribution in [1.29, 1.82) is 0 Å². The molecule has 3 unspecified atom stereocenters. The molecule has 0 aromatic heterocycles. The first kappa shape index (κ1) is 32.7. The second-order valence-corrected chi connectivity index (χ2v) is 12.0. The van der Waals surface area contributed by atoms with Crippen molar-refractivity contribution in [2.75, 3.05) is 58.6 Å². The molecule has 0 aromatic carbocycles. The van der Waals surface area contributed by atoms with Gasteiger partial charge in [-0.3, -0.25) is 38.3 Å². The fourth-order valence-corrected chi connectivity index (χ4v) is 4.75. The van der Waals surface area contributed by atoms with Crippen molar-refractivity contribution in [3.63, 3.8) is 0 Å². The Labute approximate surface area is 225 Å². The van der Waals surface area contributed by atoms with Crippen molar-refractivity contribution in [2.24, 2.45) is 0 Å². The predicted molar refractivity (Wildman–Crippen MR) is 133 cm³/mol. The third-order valence-electron chi connectivity index (χ3n) is 5.72. The first-order valence-corrected chi connectivity index (χ1v) is 15.4. The molecule has 1 fully saturated rings. The lowest BCUT2D eigenvalue weighted by Gasteiger charge is -2.37. The lowest BCUT2D eigenvalue weighted by molar-refractivity contribution is -0.547. The lowest BCUT2D eigenvalue weighted by Crippen LogP contribution is -2.65. The third-order valence-corrected chi connectivity index (χ3v) is 6.91. The molecule has 2 aliphatic rings. The molecule has 1 N–H and O–H groups in total. The average molecular weight is 601 g/mol. The van der Waals surface area contributed by atoms with E-state index in [9.17, 15) is 41.9 Å². The van der Waals surface area contributed by atoms with Gasteiger partial charge < -0.3 is 14.8 Å². The number of nitrogens with zero attached hydrogens (tertiary/aromatic N) is 3. The van der Waals surface area contributed by atoms with Gasteiger partial charge in [0, 0.05) is 37.2 Å². The maximum Gasteiger partial charge on any atom is 0.342 e. The van der Waals surface area contributed by atoms with Gasteiger partial charge in [0.25, 0.3) is 25.9 Å². The highest BCUT2D eigenvalue weighted by molar-refractivity contribution is 7.86. The molecular formula is C20H32N4O13S2. The Balaban J connectivity index is 2.33. The Morgan fingerprint density at radius 2 is 1.72 bits per heavy atom. The van der Waals surface area contributed by atoms with E-state index in [0.29, 0.717) is 19.1 Å². The van der Waals surface area contributed by atoms with E-state index in [4.69, 9.17) is 17.8 Å². The van der Waals surface area contributed by atoms with Crippen molar-refractivity contribution >= 4 is 26.1 Å². The summed E-state index contributed by atoms with van der Waals surface area (Å²) < 4.78 is 66.0. The Bertz CT molecular complexity index is 1130. The van der Waals surface area contributed by atoms with Crippen LogP contribution in [0.15, 0.2) is 23.9 Å². The van der Waals surface area contributed by atoms with Crippen LogP contribution in [0, 0.1) is 20.2 Å². The number of allylic oxidation sites excluding steroid dienone is 1. The van der Waals surface area contributed by atoms with Crippen LogP contribution in [0.5, 0.6) is 0 Å². The Morgan fingerprint density at radius 3 is 2.21 bits per heavy atom. The number of ether oxygens (including phenoxy) is 2. The zero-order valence-corrected chi connectivity index (χ0v) is 23.1. The fourth-order valence-electron chi connectivity index (χ4n) is 3.99. The summed E-state index contributed by atoms with van der Waals surface area (Å²) in [6.45, 7) is -1.43. The van der Waals surface area contributed by atoms with Gasteiger partial charge in [-0.05, 0) is 19.3 Å². The molecule has 1 aliphatic carbocycles. The highest BCUT2D eigenvalue weighted by Gasteiger charge is 2.60. The second kappa shape index (κ2) is 14.2. The number of amides is 1. The van der Waals surface area contributed by atoms with Crippen LogP contribution < -0.4 is 5.32 Å². The van der Waals surface area contributed by atoms with Gasteiger partial charge in [0.2, 0.25) is 0 Å². The normalized spacial score (nSPS) is 23.8. The highest BCUT2D eigenvalue weighted by atomic mass is 32.2. The van der Waals surface area contributed by atoms with E-state index < -0.39 is 72.8 Å². The molecule has 3 atom stereocenters. The molecule has 0 aromatic rings. The van der Waals surface area contributed by atoms with Gasteiger partial charge in [0.05, 0.1) is 43.3 Å². The van der Waals surface area contributed by atoms with E-state index in [0.717, 1.165) is 37.5 Å². The Hall–Kier alpha value is -2.55. The Kier molecular flexibility index (Phi) is 11.9. The zero-order valence-electron chi connectivity index (χ0n) is 21.4. The van der Waals surface area contributed by atoms with Crippen molar-refractivity contribution in [3.05, 3.63) is 44.2 Å². The SMILES string of the molecule is CS(=O)(=O)OCCN(CCOS(C)(=O)=O)C1C=CC([N+](=O)[O-])=CC1(C(=O)NCCOC1CCCCO1)[N+](=O)[O-]. The molecule has 0 saturated carbocycles. The lowest BCUT2D eigenvalue weighted by atomic mass is 9.83. The smallest absolute Gasteiger partial charge is 0.342 e. The van der Waals surface area contributed by atoms with Crippen LogP contribution in [0.25, 0.3) is 0 Å². The topological polar surface area (TPSA) is 224 Å². The quantitative estimate of drug-likeness (QED) is 0.0972. The molecule has 19 heteroatoms. The van der Waals surface area contributed by atoms with E-state index in [2.05, 4.69) is 5.32 Å². The fraction of sp³-hybridized carbons (Fsp3) is 0.750. The maximum atomic E-state index is 13.3. The van der Waals surface area contributed by atoms with E-state index >= 15 is 0 Å². The molecule has 2 rings (SSSR count). The standard InChI is InChI=1S/C20H32N4O13S2/c1-38(30,31)36-13-9-22(10-14-37-39(2,32)33)17-7-6-16(23(26)27)15-20(17,24(28)29)19(25)21-8-12-35-18-5-3-4-11-34-18/h6-7,15,17-18H,3-5,8-14H2,1-2H3,(H,21,25). The number of nitrogens with one attached hydrogen (secondary N) is 1. The van der Waals surface area contributed by atoms with Crippen LogP contribution in [-0.4, -0.2) is 114 Å². The molecule has 39 heavy (non-hydrogen) atoms. The summed E-state index contributed by atoms with van der Waals surface area (Å²) in [6, 6.07) is -1.52. The molecule has 0 radical (unpaired) electrons. The molecule has 222 valence electrons. The number of hydrogen-bond donors (Lipinski definition) is 1. The minimum Gasteiger partial charge on any atom is -0.353 e. The van der Waals surface area contributed by atoms with Gasteiger partial charge in [-0.25, -0.2) is 0 Å². The second-order valence-electron chi connectivity index (χ2n) is 8.72. The number of nitro groups is 2. The van der Waals surface area contributed by atoms with Gasteiger partial charge in [-0.15, -0.1) is 0 Å². The van der Waals surface area contributed by atoms with E-state index in [1.165, 1.54) is 4.90 Å². The molecule has 0 bridgehead atoms. The van der Waals surface area contributed by atoms with Gasteiger partial charge in [-0.2, -0.15) is 16.8 Å². The summed E-state index contributed by atoms with van der Waals surface area (Å²) in [7, 11) is -7.82.